The van der Waals surface area contributed by atoms with E-state index in [1.807, 2.05) is 37.3 Å². The molecule has 2 aliphatic carbocycles. The van der Waals surface area contributed by atoms with Crippen LogP contribution in [0.2, 0.25) is 5.02 Å². The summed E-state index contributed by atoms with van der Waals surface area (Å²) in [6, 6.07) is 23.3. The minimum absolute atomic E-state index is 0.0131. The Labute approximate surface area is 237 Å². The monoisotopic (exact) mass is 555 g/mol. The highest BCUT2D eigenvalue weighted by molar-refractivity contribution is 7.99. The number of nitrogens with zero attached hydrogens (tertiary/aromatic N) is 2. The molecule has 0 atom stereocenters. The Morgan fingerprint density at radius 1 is 1.00 bits per heavy atom. The number of halogens is 1. The Balaban J connectivity index is 1.46. The van der Waals surface area contributed by atoms with Crippen LogP contribution in [0.3, 0.4) is 0 Å². The summed E-state index contributed by atoms with van der Waals surface area (Å²) >= 11 is 7.27. The van der Waals surface area contributed by atoms with E-state index in [0.29, 0.717) is 15.9 Å². The molecule has 1 N–H and O–H groups in total. The zero-order valence-electron chi connectivity index (χ0n) is 21.9. The third-order valence-electron chi connectivity index (χ3n) is 7.95. The van der Waals surface area contributed by atoms with E-state index in [9.17, 15) is 9.59 Å². The van der Waals surface area contributed by atoms with Gasteiger partial charge in [0.15, 0.2) is 5.16 Å². The van der Waals surface area contributed by atoms with Crippen LogP contribution < -0.4 is 10.9 Å². The molecule has 1 heterocycles. The van der Waals surface area contributed by atoms with Gasteiger partial charge in [0, 0.05) is 21.7 Å². The molecular formula is C32H30ClN3O2S. The number of hydrogen-bond acceptors (Lipinski definition) is 4. The molecule has 198 valence electrons. The van der Waals surface area contributed by atoms with Gasteiger partial charge in [-0.3, -0.25) is 14.2 Å². The second-order valence-electron chi connectivity index (χ2n) is 10.6. The summed E-state index contributed by atoms with van der Waals surface area (Å²) < 4.78 is 1.72. The lowest BCUT2D eigenvalue weighted by Gasteiger charge is -2.42. The molecule has 1 spiro atoms. The number of rotatable bonds is 5. The van der Waals surface area contributed by atoms with E-state index >= 15 is 0 Å². The molecule has 0 aliphatic heterocycles. The van der Waals surface area contributed by atoms with Crippen LogP contribution in [0, 0.1) is 6.92 Å². The maximum absolute atomic E-state index is 14.6. The number of hydrogen-bond donors (Lipinski definition) is 1. The van der Waals surface area contributed by atoms with Gasteiger partial charge in [0.25, 0.3) is 5.56 Å². The molecule has 6 rings (SSSR count). The molecule has 7 heteroatoms. The Kier molecular flexibility index (Phi) is 7.08. The summed E-state index contributed by atoms with van der Waals surface area (Å²) in [5.74, 6) is -0.0548. The quantitative estimate of drug-likeness (QED) is 0.206. The lowest BCUT2D eigenvalue weighted by molar-refractivity contribution is -0.113. The van der Waals surface area contributed by atoms with Gasteiger partial charge < -0.3 is 5.32 Å². The van der Waals surface area contributed by atoms with Crippen LogP contribution in [0.1, 0.15) is 48.8 Å². The number of benzene rings is 3. The molecule has 3 aromatic carbocycles. The number of aryl methyl sites for hydroxylation is 1. The summed E-state index contributed by atoms with van der Waals surface area (Å²) in [6.07, 6.45) is 6.30. The lowest BCUT2D eigenvalue weighted by atomic mass is 9.62. The molecule has 1 aromatic heterocycles. The van der Waals surface area contributed by atoms with Gasteiger partial charge in [0.2, 0.25) is 5.91 Å². The molecule has 39 heavy (non-hydrogen) atoms. The van der Waals surface area contributed by atoms with Crippen LogP contribution in [-0.4, -0.2) is 21.2 Å². The standard InChI is InChI=1S/C32H30ClN3O2S/c1-21-9-15-25(16-10-21)36-30(38)28-29(26-8-4-3-7-22(26)19-32(28)17-5-2-6-18-32)35-31(36)39-20-27(37)34-24-13-11-23(33)12-14-24/h3-4,7-16H,2,5-6,17-20H2,1H3,(H,34,37). The zero-order chi connectivity index (χ0) is 27.0. The van der Waals surface area contributed by atoms with E-state index in [4.69, 9.17) is 16.6 Å². The third kappa shape index (κ3) is 5.04. The SMILES string of the molecule is Cc1ccc(-n2c(SCC(=O)Nc3ccc(Cl)cc3)nc3c(c2=O)C2(CCCCC2)Cc2ccccc2-3)cc1. The maximum atomic E-state index is 14.6. The minimum atomic E-state index is -0.201. The molecule has 0 bridgehead atoms. The van der Waals surface area contributed by atoms with Crippen LogP contribution in [0.25, 0.3) is 16.9 Å². The normalized spacial score (nSPS) is 15.4. The van der Waals surface area contributed by atoms with Crippen molar-refractivity contribution in [2.75, 3.05) is 11.1 Å². The molecule has 1 saturated carbocycles. The molecule has 1 fully saturated rings. The van der Waals surface area contributed by atoms with Gasteiger partial charge in [-0.05, 0) is 68.1 Å². The number of fused-ring (bicyclic) bond motifs is 4. The largest absolute Gasteiger partial charge is 0.325 e. The number of carbonyl (C=O) groups is 1. The lowest BCUT2D eigenvalue weighted by Crippen LogP contribution is -2.43. The second-order valence-corrected chi connectivity index (χ2v) is 12.0. The van der Waals surface area contributed by atoms with Crippen molar-refractivity contribution < 1.29 is 4.79 Å². The first-order chi connectivity index (χ1) is 18.9. The first-order valence-electron chi connectivity index (χ1n) is 13.4. The van der Waals surface area contributed by atoms with Crippen LogP contribution in [0.4, 0.5) is 5.69 Å². The van der Waals surface area contributed by atoms with Crippen molar-refractivity contribution in [3.05, 3.63) is 105 Å². The smallest absolute Gasteiger partial charge is 0.263 e. The summed E-state index contributed by atoms with van der Waals surface area (Å²) in [6.45, 7) is 2.03. The first-order valence-corrected chi connectivity index (χ1v) is 14.8. The van der Waals surface area contributed by atoms with Crippen LogP contribution in [-0.2, 0) is 16.6 Å². The van der Waals surface area contributed by atoms with Crippen molar-refractivity contribution in [2.45, 2.75) is 56.0 Å². The van der Waals surface area contributed by atoms with E-state index in [1.54, 1.807) is 28.8 Å². The number of aromatic nitrogens is 2. The van der Waals surface area contributed by atoms with Crippen molar-refractivity contribution in [1.29, 1.82) is 0 Å². The highest BCUT2D eigenvalue weighted by atomic mass is 35.5. The number of carbonyl (C=O) groups excluding carboxylic acids is 1. The Hall–Kier alpha value is -3.35. The topological polar surface area (TPSA) is 64.0 Å². The second kappa shape index (κ2) is 10.7. The average Bonchev–Trinajstić information content (AvgIpc) is 2.94. The van der Waals surface area contributed by atoms with Crippen molar-refractivity contribution in [1.82, 2.24) is 9.55 Å². The van der Waals surface area contributed by atoms with Gasteiger partial charge in [-0.2, -0.15) is 0 Å². The van der Waals surface area contributed by atoms with Crippen LogP contribution >= 0.6 is 23.4 Å². The molecular weight excluding hydrogens is 526 g/mol. The van der Waals surface area contributed by atoms with Crippen molar-refractivity contribution in [3.63, 3.8) is 0 Å². The predicted molar refractivity (Wildman–Crippen MR) is 159 cm³/mol. The summed E-state index contributed by atoms with van der Waals surface area (Å²) in [7, 11) is 0. The Morgan fingerprint density at radius 3 is 2.46 bits per heavy atom. The Bertz CT molecular complexity index is 1590. The fourth-order valence-corrected chi connectivity index (χ4v) is 7.00. The first kappa shape index (κ1) is 25.9. The molecule has 0 radical (unpaired) electrons. The molecule has 5 nitrogen and oxygen atoms in total. The minimum Gasteiger partial charge on any atom is -0.325 e. The van der Waals surface area contributed by atoms with Gasteiger partial charge in [-0.25, -0.2) is 4.98 Å². The van der Waals surface area contributed by atoms with Gasteiger partial charge in [0.05, 0.1) is 22.7 Å². The van der Waals surface area contributed by atoms with Gasteiger partial charge in [-0.1, -0.05) is 84.6 Å². The molecule has 2 aliphatic rings. The number of amides is 1. The molecule has 4 aromatic rings. The molecule has 1 amide bonds. The van der Waals surface area contributed by atoms with E-state index in [0.717, 1.165) is 60.2 Å². The van der Waals surface area contributed by atoms with Crippen LogP contribution in [0.15, 0.2) is 82.7 Å². The van der Waals surface area contributed by atoms with Crippen LogP contribution in [0.5, 0.6) is 0 Å². The average molecular weight is 556 g/mol. The number of thioether (sulfide) groups is 1. The molecule has 0 unspecified atom stereocenters. The molecule has 0 saturated heterocycles. The number of anilines is 1. The highest BCUT2D eigenvalue weighted by Crippen LogP contribution is 2.49. The summed E-state index contributed by atoms with van der Waals surface area (Å²) in [5, 5.41) is 4.05. The van der Waals surface area contributed by atoms with Gasteiger partial charge in [-0.15, -0.1) is 0 Å². The van der Waals surface area contributed by atoms with E-state index in [-0.39, 0.29) is 22.6 Å². The van der Waals surface area contributed by atoms with Gasteiger partial charge in [0.1, 0.15) is 0 Å². The van der Waals surface area contributed by atoms with Crippen molar-refractivity contribution in [3.8, 4) is 16.9 Å². The van der Waals surface area contributed by atoms with E-state index in [1.165, 1.54) is 23.7 Å². The predicted octanol–water partition coefficient (Wildman–Crippen LogP) is 7.35. The third-order valence-corrected chi connectivity index (χ3v) is 9.14. The maximum Gasteiger partial charge on any atom is 0.263 e. The summed E-state index contributed by atoms with van der Waals surface area (Å²) in [4.78, 5) is 32.6. The Morgan fingerprint density at radius 2 is 1.72 bits per heavy atom. The highest BCUT2D eigenvalue weighted by Gasteiger charge is 2.43. The zero-order valence-corrected chi connectivity index (χ0v) is 23.4. The van der Waals surface area contributed by atoms with E-state index in [2.05, 4.69) is 23.5 Å². The summed E-state index contributed by atoms with van der Waals surface area (Å²) in [5.41, 5.74) is 6.26. The van der Waals surface area contributed by atoms with E-state index < -0.39 is 0 Å². The van der Waals surface area contributed by atoms with Gasteiger partial charge >= 0.3 is 0 Å². The van der Waals surface area contributed by atoms with Crippen molar-refractivity contribution >= 4 is 35.0 Å². The van der Waals surface area contributed by atoms with Crippen molar-refractivity contribution in [2.24, 2.45) is 0 Å². The fourth-order valence-electron chi connectivity index (χ4n) is 6.07. The number of nitrogens with one attached hydrogen (secondary N) is 1. The fraction of sp³-hybridized carbons (Fsp3) is 0.281.